The van der Waals surface area contributed by atoms with Crippen LogP contribution in [0.2, 0.25) is 0 Å². The van der Waals surface area contributed by atoms with Crippen LogP contribution in [0.1, 0.15) is 51.0 Å². The molecule has 98 valence electrons. The van der Waals surface area contributed by atoms with Crippen molar-refractivity contribution in [2.45, 2.75) is 45.4 Å². The Hall–Kier alpha value is -1.56. The molecule has 0 amide bonds. The summed E-state index contributed by atoms with van der Waals surface area (Å²) in [5.74, 6) is -0.362. The van der Waals surface area contributed by atoms with Gasteiger partial charge in [-0.3, -0.25) is 0 Å². The summed E-state index contributed by atoms with van der Waals surface area (Å²) >= 11 is 0. The molecule has 0 saturated carbocycles. The van der Waals surface area contributed by atoms with Crippen molar-refractivity contribution in [3.63, 3.8) is 0 Å². The van der Waals surface area contributed by atoms with Crippen molar-refractivity contribution in [3.8, 4) is 6.07 Å². The highest BCUT2D eigenvalue weighted by molar-refractivity contribution is 5.49. The molecule has 0 saturated heterocycles. The summed E-state index contributed by atoms with van der Waals surface area (Å²) in [6.07, 6.45) is 7.42. The average molecular weight is 248 g/mol. The van der Waals surface area contributed by atoms with Gasteiger partial charge in [0.25, 0.3) is 0 Å². The predicted molar refractivity (Wildman–Crippen MR) is 73.0 cm³/mol. The molecule has 1 rings (SSSR count). The van der Waals surface area contributed by atoms with E-state index in [1.165, 1.54) is 44.2 Å². The smallest absolute Gasteiger partial charge is 0.126 e. The SMILES string of the molecule is CCCCCCCCNc1cc(F)cc(C#N)c1. The monoisotopic (exact) mass is 248 g/mol. The minimum atomic E-state index is -0.362. The molecule has 0 aliphatic carbocycles. The van der Waals surface area contributed by atoms with Gasteiger partial charge in [-0.15, -0.1) is 0 Å². The molecule has 0 aliphatic heterocycles. The number of benzene rings is 1. The lowest BCUT2D eigenvalue weighted by molar-refractivity contribution is 0.616. The van der Waals surface area contributed by atoms with Gasteiger partial charge in [-0.2, -0.15) is 5.26 Å². The third kappa shape index (κ3) is 5.67. The van der Waals surface area contributed by atoms with Crippen LogP contribution in [0.25, 0.3) is 0 Å². The second-order valence-corrected chi connectivity index (χ2v) is 4.53. The van der Waals surface area contributed by atoms with Gasteiger partial charge < -0.3 is 5.32 Å². The van der Waals surface area contributed by atoms with Gasteiger partial charge in [-0.25, -0.2) is 4.39 Å². The topological polar surface area (TPSA) is 35.8 Å². The van der Waals surface area contributed by atoms with Crippen LogP contribution in [0.15, 0.2) is 18.2 Å². The summed E-state index contributed by atoms with van der Waals surface area (Å²) in [5.41, 5.74) is 1.06. The molecule has 1 aromatic rings. The molecule has 0 aromatic heterocycles. The van der Waals surface area contributed by atoms with Gasteiger partial charge in [0.05, 0.1) is 11.6 Å². The summed E-state index contributed by atoms with van der Waals surface area (Å²) in [6, 6.07) is 6.31. The van der Waals surface area contributed by atoms with Crippen LogP contribution >= 0.6 is 0 Å². The molecule has 0 radical (unpaired) electrons. The van der Waals surface area contributed by atoms with Crippen molar-refractivity contribution in [3.05, 3.63) is 29.6 Å². The number of nitrogens with zero attached hydrogens (tertiary/aromatic N) is 1. The van der Waals surface area contributed by atoms with Gasteiger partial charge in [0, 0.05) is 12.2 Å². The second kappa shape index (κ2) is 8.52. The fraction of sp³-hybridized carbons (Fsp3) is 0.533. The van der Waals surface area contributed by atoms with Crippen LogP contribution in [-0.4, -0.2) is 6.54 Å². The Bertz CT molecular complexity index is 396. The number of nitriles is 1. The van der Waals surface area contributed by atoms with E-state index < -0.39 is 0 Å². The van der Waals surface area contributed by atoms with E-state index in [0.717, 1.165) is 13.0 Å². The van der Waals surface area contributed by atoms with E-state index in [-0.39, 0.29) is 5.82 Å². The molecule has 1 N–H and O–H groups in total. The zero-order valence-corrected chi connectivity index (χ0v) is 11.0. The summed E-state index contributed by atoms with van der Waals surface area (Å²) in [6.45, 7) is 3.04. The predicted octanol–water partition coefficient (Wildman–Crippen LogP) is 4.47. The van der Waals surface area contributed by atoms with E-state index in [9.17, 15) is 4.39 Å². The molecule has 3 heteroatoms. The first-order chi connectivity index (χ1) is 8.76. The van der Waals surface area contributed by atoms with E-state index in [2.05, 4.69) is 12.2 Å². The van der Waals surface area contributed by atoms with Crippen LogP contribution in [-0.2, 0) is 0 Å². The fourth-order valence-electron chi connectivity index (χ4n) is 1.89. The van der Waals surface area contributed by atoms with Crippen molar-refractivity contribution < 1.29 is 4.39 Å². The molecule has 0 unspecified atom stereocenters. The van der Waals surface area contributed by atoms with E-state index in [0.29, 0.717) is 11.3 Å². The van der Waals surface area contributed by atoms with Gasteiger partial charge in [0.15, 0.2) is 0 Å². The summed E-state index contributed by atoms with van der Waals surface area (Å²) in [4.78, 5) is 0. The van der Waals surface area contributed by atoms with Gasteiger partial charge in [0.1, 0.15) is 5.82 Å². The Labute approximate surface area is 109 Å². The fourth-order valence-corrected chi connectivity index (χ4v) is 1.89. The van der Waals surface area contributed by atoms with Crippen molar-refractivity contribution in [2.75, 3.05) is 11.9 Å². The first-order valence-electron chi connectivity index (χ1n) is 6.71. The number of halogens is 1. The van der Waals surface area contributed by atoms with Crippen LogP contribution < -0.4 is 5.32 Å². The number of unbranched alkanes of at least 4 members (excludes halogenated alkanes) is 5. The maximum absolute atomic E-state index is 13.1. The van der Waals surface area contributed by atoms with Crippen molar-refractivity contribution >= 4 is 5.69 Å². The second-order valence-electron chi connectivity index (χ2n) is 4.53. The minimum absolute atomic E-state index is 0.362. The molecular weight excluding hydrogens is 227 g/mol. The Morgan fingerprint density at radius 2 is 1.83 bits per heavy atom. The zero-order valence-electron chi connectivity index (χ0n) is 11.0. The van der Waals surface area contributed by atoms with E-state index in [1.54, 1.807) is 6.07 Å². The number of rotatable bonds is 8. The van der Waals surface area contributed by atoms with Gasteiger partial charge in [0.2, 0.25) is 0 Å². The number of anilines is 1. The third-order valence-corrected chi connectivity index (χ3v) is 2.89. The first-order valence-corrected chi connectivity index (χ1v) is 6.71. The molecule has 0 spiro atoms. The summed E-state index contributed by atoms with van der Waals surface area (Å²) in [5, 5.41) is 11.9. The normalized spacial score (nSPS) is 10.1. The van der Waals surface area contributed by atoms with E-state index in [4.69, 9.17) is 5.26 Å². The van der Waals surface area contributed by atoms with Gasteiger partial charge in [-0.1, -0.05) is 39.0 Å². The van der Waals surface area contributed by atoms with Crippen LogP contribution in [0.4, 0.5) is 10.1 Å². The number of hydrogen-bond acceptors (Lipinski definition) is 2. The third-order valence-electron chi connectivity index (χ3n) is 2.89. The lowest BCUT2D eigenvalue weighted by Gasteiger charge is -2.07. The highest BCUT2D eigenvalue weighted by atomic mass is 19.1. The average Bonchev–Trinajstić information content (AvgIpc) is 2.37. The highest BCUT2D eigenvalue weighted by Crippen LogP contribution is 2.14. The van der Waals surface area contributed by atoms with Crippen LogP contribution in [0.3, 0.4) is 0 Å². The van der Waals surface area contributed by atoms with Crippen molar-refractivity contribution in [1.82, 2.24) is 0 Å². The Balaban J connectivity index is 2.23. The first kappa shape index (κ1) is 14.5. The molecule has 0 atom stereocenters. The maximum Gasteiger partial charge on any atom is 0.126 e. The Morgan fingerprint density at radius 3 is 2.56 bits per heavy atom. The highest BCUT2D eigenvalue weighted by Gasteiger charge is 1.99. The lowest BCUT2D eigenvalue weighted by Crippen LogP contribution is -2.02. The van der Waals surface area contributed by atoms with Crippen molar-refractivity contribution in [2.24, 2.45) is 0 Å². The standard InChI is InChI=1S/C15H21FN2/c1-2-3-4-5-6-7-8-18-15-10-13(12-17)9-14(16)11-15/h9-11,18H,2-8H2,1H3. The largest absolute Gasteiger partial charge is 0.385 e. The molecule has 1 aromatic carbocycles. The molecular formula is C15H21FN2. The van der Waals surface area contributed by atoms with Gasteiger partial charge in [-0.05, 0) is 24.6 Å². The minimum Gasteiger partial charge on any atom is -0.385 e. The molecule has 0 aliphatic rings. The molecule has 0 heterocycles. The van der Waals surface area contributed by atoms with Crippen LogP contribution in [0.5, 0.6) is 0 Å². The quantitative estimate of drug-likeness (QED) is 0.689. The number of nitrogens with one attached hydrogen (secondary N) is 1. The Kier molecular flexibility index (Phi) is 6.86. The molecule has 0 fully saturated rings. The lowest BCUT2D eigenvalue weighted by atomic mass is 10.1. The molecule has 18 heavy (non-hydrogen) atoms. The van der Waals surface area contributed by atoms with Crippen molar-refractivity contribution in [1.29, 1.82) is 5.26 Å². The zero-order chi connectivity index (χ0) is 13.2. The molecule has 2 nitrogen and oxygen atoms in total. The van der Waals surface area contributed by atoms with Gasteiger partial charge >= 0.3 is 0 Å². The molecule has 0 bridgehead atoms. The maximum atomic E-state index is 13.1. The van der Waals surface area contributed by atoms with Crippen LogP contribution in [0, 0.1) is 17.1 Å². The summed E-state index contributed by atoms with van der Waals surface area (Å²) in [7, 11) is 0. The number of hydrogen-bond donors (Lipinski definition) is 1. The Morgan fingerprint density at radius 1 is 1.11 bits per heavy atom. The summed E-state index contributed by atoms with van der Waals surface area (Å²) < 4.78 is 13.1. The van der Waals surface area contributed by atoms with E-state index in [1.807, 2.05) is 6.07 Å². The van der Waals surface area contributed by atoms with E-state index >= 15 is 0 Å².